The molecular weight excluding hydrogens is 398 g/mol. The highest BCUT2D eigenvalue weighted by Gasteiger charge is 2.24. The molecule has 8 heteroatoms. The van der Waals surface area contributed by atoms with Gasteiger partial charge < -0.3 is 19.7 Å². The van der Waals surface area contributed by atoms with Crippen molar-refractivity contribution < 1.29 is 23.9 Å². The molecular formula is C23H27N3O5. The van der Waals surface area contributed by atoms with E-state index in [0.717, 1.165) is 25.7 Å². The Labute approximate surface area is 181 Å². The Morgan fingerprint density at radius 2 is 1.81 bits per heavy atom. The molecule has 1 aromatic carbocycles. The summed E-state index contributed by atoms with van der Waals surface area (Å²) < 4.78 is 10.0. The van der Waals surface area contributed by atoms with Crippen LogP contribution in [0.1, 0.15) is 45.5 Å². The van der Waals surface area contributed by atoms with Crippen LogP contribution in [0.5, 0.6) is 5.75 Å². The summed E-state index contributed by atoms with van der Waals surface area (Å²) in [6, 6.07) is 9.12. The number of aromatic nitrogens is 1. The summed E-state index contributed by atoms with van der Waals surface area (Å²) in [5.74, 6) is 0.135. The average Bonchev–Trinajstić information content (AvgIpc) is 2.82. The Balaban J connectivity index is 1.44. The van der Waals surface area contributed by atoms with Crippen LogP contribution >= 0.6 is 0 Å². The molecule has 1 saturated heterocycles. The fourth-order valence-electron chi connectivity index (χ4n) is 3.61. The van der Waals surface area contributed by atoms with Crippen LogP contribution in [-0.4, -0.2) is 55.1 Å². The van der Waals surface area contributed by atoms with Crippen LogP contribution in [0.4, 0.5) is 4.79 Å². The summed E-state index contributed by atoms with van der Waals surface area (Å²) in [5, 5.41) is 2.62. The van der Waals surface area contributed by atoms with Gasteiger partial charge >= 0.3 is 12.1 Å². The number of ether oxygens (including phenoxy) is 2. The van der Waals surface area contributed by atoms with Crippen molar-refractivity contribution in [3.8, 4) is 5.75 Å². The number of hydrogen-bond donors (Lipinski definition) is 1. The number of amides is 2. The topological polar surface area (TPSA) is 97.8 Å². The third kappa shape index (κ3) is 6.04. The number of carbonyl (C=O) groups excluding carboxylic acids is 3. The Morgan fingerprint density at radius 1 is 1.10 bits per heavy atom. The van der Waals surface area contributed by atoms with E-state index in [2.05, 4.69) is 15.0 Å². The lowest BCUT2D eigenvalue weighted by Crippen LogP contribution is -2.40. The number of methoxy groups -OCH3 is 1. The van der Waals surface area contributed by atoms with Gasteiger partial charge in [-0.25, -0.2) is 9.59 Å². The molecule has 3 rings (SSSR count). The van der Waals surface area contributed by atoms with Gasteiger partial charge in [-0.2, -0.15) is 0 Å². The van der Waals surface area contributed by atoms with Gasteiger partial charge in [0.1, 0.15) is 0 Å². The Morgan fingerprint density at radius 3 is 2.45 bits per heavy atom. The lowest BCUT2D eigenvalue weighted by molar-refractivity contribution is 0.0599. The van der Waals surface area contributed by atoms with Gasteiger partial charge in [-0.3, -0.25) is 9.78 Å². The summed E-state index contributed by atoms with van der Waals surface area (Å²) in [6.07, 6.45) is 6.11. The van der Waals surface area contributed by atoms with Gasteiger partial charge in [-0.1, -0.05) is 12.1 Å². The number of carbonyl (C=O) groups is 3. The normalized spacial score (nSPS) is 14.1. The maximum absolute atomic E-state index is 12.4. The summed E-state index contributed by atoms with van der Waals surface area (Å²) in [5.41, 5.74) is 2.09. The average molecular weight is 425 g/mol. The number of likely N-dealkylation sites (tertiary alicyclic amines) is 1. The van der Waals surface area contributed by atoms with Crippen molar-refractivity contribution in [2.24, 2.45) is 5.92 Å². The molecule has 2 amide bonds. The van der Waals surface area contributed by atoms with E-state index >= 15 is 0 Å². The van der Waals surface area contributed by atoms with E-state index in [1.165, 1.54) is 31.1 Å². The number of benzene rings is 1. The Hall–Kier alpha value is -3.42. The second-order valence-electron chi connectivity index (χ2n) is 7.51. The third-order valence-electron chi connectivity index (χ3n) is 5.50. The zero-order valence-corrected chi connectivity index (χ0v) is 17.8. The van der Waals surface area contributed by atoms with Gasteiger partial charge in [-0.15, -0.1) is 0 Å². The van der Waals surface area contributed by atoms with Crippen LogP contribution in [0.15, 0.2) is 42.7 Å². The second-order valence-corrected chi connectivity index (χ2v) is 7.51. The minimum absolute atomic E-state index is 0.0846. The summed E-state index contributed by atoms with van der Waals surface area (Å²) in [7, 11) is 2.90. The highest BCUT2D eigenvalue weighted by molar-refractivity contribution is 5.94. The predicted octanol–water partition coefficient (Wildman–Crippen LogP) is 3.07. The van der Waals surface area contributed by atoms with Crippen molar-refractivity contribution in [1.29, 1.82) is 0 Å². The van der Waals surface area contributed by atoms with E-state index in [1.807, 2.05) is 24.3 Å². The molecule has 2 aromatic rings. The summed E-state index contributed by atoms with van der Waals surface area (Å²) in [4.78, 5) is 41.2. The standard InChI is InChI=1S/C23H27N3O5/c1-24-21(27)18-7-5-16(6-8-18)3-4-17-9-11-26(12-10-17)23(29)31-20-13-19(14-25-15-20)22(28)30-2/h5-8,13-15,17H,3-4,9-12H2,1-2H3,(H,24,27). The number of aryl methyl sites for hydroxylation is 1. The Bertz CT molecular complexity index is 921. The van der Waals surface area contributed by atoms with E-state index in [4.69, 9.17) is 4.74 Å². The first-order valence-corrected chi connectivity index (χ1v) is 10.3. The maximum atomic E-state index is 12.4. The molecule has 0 saturated carbocycles. The zero-order valence-electron chi connectivity index (χ0n) is 17.8. The number of nitrogens with zero attached hydrogens (tertiary/aromatic N) is 2. The van der Waals surface area contributed by atoms with Crippen molar-refractivity contribution in [1.82, 2.24) is 15.2 Å². The minimum atomic E-state index is -0.533. The summed E-state index contributed by atoms with van der Waals surface area (Å²) in [6.45, 7) is 1.26. The lowest BCUT2D eigenvalue weighted by atomic mass is 9.90. The number of esters is 1. The van der Waals surface area contributed by atoms with Crippen molar-refractivity contribution in [2.75, 3.05) is 27.2 Å². The molecule has 0 atom stereocenters. The van der Waals surface area contributed by atoms with Gasteiger partial charge in [0, 0.05) is 31.9 Å². The number of pyridine rings is 1. The molecule has 1 aliphatic heterocycles. The summed E-state index contributed by atoms with van der Waals surface area (Å²) >= 11 is 0. The molecule has 0 unspecified atom stereocenters. The second kappa shape index (κ2) is 10.6. The smallest absolute Gasteiger partial charge is 0.415 e. The largest absolute Gasteiger partial charge is 0.465 e. The molecule has 0 spiro atoms. The molecule has 164 valence electrons. The molecule has 0 aliphatic carbocycles. The van der Waals surface area contributed by atoms with Crippen LogP contribution in [0.3, 0.4) is 0 Å². The van der Waals surface area contributed by atoms with E-state index in [0.29, 0.717) is 24.6 Å². The molecule has 0 bridgehead atoms. The molecule has 1 aliphatic rings. The number of hydrogen-bond acceptors (Lipinski definition) is 6. The van der Waals surface area contributed by atoms with Crippen molar-refractivity contribution in [2.45, 2.75) is 25.7 Å². The van der Waals surface area contributed by atoms with E-state index < -0.39 is 12.1 Å². The first-order valence-electron chi connectivity index (χ1n) is 10.3. The molecule has 31 heavy (non-hydrogen) atoms. The maximum Gasteiger partial charge on any atom is 0.415 e. The highest BCUT2D eigenvalue weighted by atomic mass is 16.6. The molecule has 0 radical (unpaired) electrons. The van der Waals surface area contributed by atoms with Gasteiger partial charge in [0.25, 0.3) is 5.91 Å². The fraction of sp³-hybridized carbons (Fsp3) is 0.391. The van der Waals surface area contributed by atoms with Crippen molar-refractivity contribution >= 4 is 18.0 Å². The van der Waals surface area contributed by atoms with Crippen LogP contribution in [-0.2, 0) is 11.2 Å². The molecule has 8 nitrogen and oxygen atoms in total. The molecule has 1 N–H and O–H groups in total. The lowest BCUT2D eigenvalue weighted by Gasteiger charge is -2.31. The van der Waals surface area contributed by atoms with Crippen LogP contribution < -0.4 is 10.1 Å². The predicted molar refractivity (Wildman–Crippen MR) is 114 cm³/mol. The van der Waals surface area contributed by atoms with Crippen molar-refractivity contribution in [3.63, 3.8) is 0 Å². The van der Waals surface area contributed by atoms with Gasteiger partial charge in [0.2, 0.25) is 0 Å². The van der Waals surface area contributed by atoms with E-state index in [1.54, 1.807) is 11.9 Å². The van der Waals surface area contributed by atoms with Gasteiger partial charge in [0.15, 0.2) is 5.75 Å². The van der Waals surface area contributed by atoms with E-state index in [9.17, 15) is 14.4 Å². The third-order valence-corrected chi connectivity index (χ3v) is 5.50. The van der Waals surface area contributed by atoms with Crippen LogP contribution in [0.2, 0.25) is 0 Å². The zero-order chi connectivity index (χ0) is 22.2. The first kappa shape index (κ1) is 22.3. The van der Waals surface area contributed by atoms with E-state index in [-0.39, 0.29) is 17.2 Å². The molecule has 1 aromatic heterocycles. The highest BCUT2D eigenvalue weighted by Crippen LogP contribution is 2.24. The minimum Gasteiger partial charge on any atom is -0.465 e. The fourth-order valence-corrected chi connectivity index (χ4v) is 3.61. The first-order chi connectivity index (χ1) is 15.0. The molecule has 1 fully saturated rings. The van der Waals surface area contributed by atoms with Gasteiger partial charge in [-0.05, 0) is 55.4 Å². The molecule has 2 heterocycles. The number of rotatable bonds is 6. The Kier molecular flexibility index (Phi) is 7.59. The SMILES string of the molecule is CNC(=O)c1ccc(CCC2CCN(C(=O)Oc3cncc(C(=O)OC)c3)CC2)cc1. The van der Waals surface area contributed by atoms with Crippen LogP contribution in [0.25, 0.3) is 0 Å². The monoisotopic (exact) mass is 425 g/mol. The van der Waals surface area contributed by atoms with Crippen molar-refractivity contribution in [3.05, 3.63) is 59.4 Å². The quantitative estimate of drug-likeness (QED) is 0.715. The van der Waals surface area contributed by atoms with Crippen LogP contribution in [0, 0.1) is 5.92 Å². The van der Waals surface area contributed by atoms with Gasteiger partial charge in [0.05, 0.1) is 18.9 Å². The number of piperidine rings is 1. The number of nitrogens with one attached hydrogen (secondary N) is 1.